The van der Waals surface area contributed by atoms with E-state index in [0.717, 1.165) is 31.2 Å². The van der Waals surface area contributed by atoms with Gasteiger partial charge in [0.1, 0.15) is 0 Å². The number of aliphatic hydroxyl groups is 1. The van der Waals surface area contributed by atoms with Crippen molar-refractivity contribution in [3.8, 4) is 0 Å². The van der Waals surface area contributed by atoms with Crippen molar-refractivity contribution in [2.75, 3.05) is 7.11 Å². The molecule has 106 valence electrons. The Morgan fingerprint density at radius 3 is 2.89 bits per heavy atom. The molecule has 0 amide bonds. The van der Waals surface area contributed by atoms with E-state index < -0.39 is 5.41 Å². The second kappa shape index (κ2) is 5.37. The molecule has 1 unspecified atom stereocenters. The predicted octanol–water partition coefficient (Wildman–Crippen LogP) is 2.45. The highest BCUT2D eigenvalue weighted by Crippen LogP contribution is 2.30. The highest BCUT2D eigenvalue weighted by molar-refractivity contribution is 5.75. The van der Waals surface area contributed by atoms with E-state index in [4.69, 9.17) is 4.74 Å². The maximum Gasteiger partial charge on any atom is 0.313 e. The maximum absolute atomic E-state index is 11.7. The maximum atomic E-state index is 11.7. The fourth-order valence-corrected chi connectivity index (χ4v) is 2.78. The summed E-state index contributed by atoms with van der Waals surface area (Å²) in [7, 11) is 1.42. The van der Waals surface area contributed by atoms with Gasteiger partial charge in [-0.1, -0.05) is 6.42 Å². The first kappa shape index (κ1) is 14.1. The third-order valence-corrected chi connectivity index (χ3v) is 3.85. The van der Waals surface area contributed by atoms with Gasteiger partial charge in [-0.3, -0.25) is 4.79 Å². The molecule has 1 aromatic heterocycles. The van der Waals surface area contributed by atoms with Crippen LogP contribution < -0.4 is 0 Å². The Balaban J connectivity index is 2.19. The number of esters is 1. The number of rotatable bonds is 3. The van der Waals surface area contributed by atoms with Gasteiger partial charge in [-0.15, -0.1) is 0 Å². The summed E-state index contributed by atoms with van der Waals surface area (Å²) >= 11 is 0. The van der Waals surface area contributed by atoms with Gasteiger partial charge in [-0.25, -0.2) is 0 Å². The van der Waals surface area contributed by atoms with Gasteiger partial charge in [-0.2, -0.15) is 0 Å². The third-order valence-electron chi connectivity index (χ3n) is 3.85. The lowest BCUT2D eigenvalue weighted by molar-refractivity contribution is -0.151. The van der Waals surface area contributed by atoms with Gasteiger partial charge in [-0.05, 0) is 38.7 Å². The van der Waals surface area contributed by atoms with Crippen LogP contribution in [0.2, 0.25) is 0 Å². The molecule has 0 saturated heterocycles. The van der Waals surface area contributed by atoms with Gasteiger partial charge in [0.25, 0.3) is 0 Å². The van der Waals surface area contributed by atoms with Crippen LogP contribution >= 0.6 is 0 Å². The normalized spacial score (nSPS) is 19.7. The van der Waals surface area contributed by atoms with Crippen molar-refractivity contribution in [3.05, 3.63) is 23.5 Å². The smallest absolute Gasteiger partial charge is 0.313 e. The number of aliphatic hydroxyl groups excluding tert-OH is 1. The minimum atomic E-state index is -0.558. The predicted molar refractivity (Wildman–Crippen MR) is 72.7 cm³/mol. The van der Waals surface area contributed by atoms with E-state index in [2.05, 4.69) is 6.20 Å². The summed E-state index contributed by atoms with van der Waals surface area (Å²) in [6, 6.07) is 0. The number of hydrogen-bond donors (Lipinski definition) is 1. The second-order valence-electron chi connectivity index (χ2n) is 6.05. The highest BCUT2D eigenvalue weighted by atomic mass is 16.5. The van der Waals surface area contributed by atoms with Crippen LogP contribution in [0.15, 0.2) is 12.4 Å². The average molecular weight is 265 g/mol. The van der Waals surface area contributed by atoms with Gasteiger partial charge < -0.3 is 14.4 Å². The summed E-state index contributed by atoms with van der Waals surface area (Å²) in [6.07, 6.45) is 7.72. The first-order valence-electron chi connectivity index (χ1n) is 6.89. The minimum absolute atomic E-state index is 0.211. The van der Waals surface area contributed by atoms with Gasteiger partial charge >= 0.3 is 5.97 Å². The van der Waals surface area contributed by atoms with Crippen molar-refractivity contribution in [1.82, 2.24) is 4.57 Å². The molecule has 4 nitrogen and oxygen atoms in total. The number of carbonyl (C=O) groups is 1. The monoisotopic (exact) mass is 265 g/mol. The van der Waals surface area contributed by atoms with Gasteiger partial charge in [0.05, 0.1) is 18.6 Å². The molecule has 1 aliphatic rings. The number of aryl methyl sites for hydroxylation is 1. The summed E-state index contributed by atoms with van der Waals surface area (Å²) in [5.74, 6) is -0.211. The first-order chi connectivity index (χ1) is 8.94. The van der Waals surface area contributed by atoms with Crippen molar-refractivity contribution in [3.63, 3.8) is 0 Å². The summed E-state index contributed by atoms with van der Waals surface area (Å²) in [5, 5.41) is 10.1. The van der Waals surface area contributed by atoms with Crippen molar-refractivity contribution in [1.29, 1.82) is 0 Å². The van der Waals surface area contributed by atoms with Crippen LogP contribution in [0.3, 0.4) is 0 Å². The lowest BCUT2D eigenvalue weighted by Crippen LogP contribution is -2.30. The Morgan fingerprint density at radius 2 is 2.21 bits per heavy atom. The fraction of sp³-hybridized carbons (Fsp3) is 0.667. The zero-order valence-electron chi connectivity index (χ0n) is 12.0. The van der Waals surface area contributed by atoms with Crippen LogP contribution in [-0.2, 0) is 22.5 Å². The zero-order chi connectivity index (χ0) is 14.0. The van der Waals surface area contributed by atoms with Crippen LogP contribution in [0.4, 0.5) is 0 Å². The Hall–Kier alpha value is -1.29. The molecule has 0 bridgehead atoms. The van der Waals surface area contributed by atoms with Crippen LogP contribution in [0, 0.1) is 5.41 Å². The summed E-state index contributed by atoms with van der Waals surface area (Å²) < 4.78 is 6.84. The van der Waals surface area contributed by atoms with E-state index in [9.17, 15) is 9.90 Å². The third kappa shape index (κ3) is 3.00. The van der Waals surface area contributed by atoms with E-state index in [1.54, 1.807) is 0 Å². The first-order valence-corrected chi connectivity index (χ1v) is 6.89. The van der Waals surface area contributed by atoms with Crippen molar-refractivity contribution < 1.29 is 14.6 Å². The molecule has 19 heavy (non-hydrogen) atoms. The molecule has 0 radical (unpaired) electrons. The largest absolute Gasteiger partial charge is 0.469 e. The molecule has 0 spiro atoms. The molecule has 1 aromatic rings. The van der Waals surface area contributed by atoms with Crippen LogP contribution in [-0.4, -0.2) is 22.8 Å². The van der Waals surface area contributed by atoms with E-state index in [1.807, 2.05) is 24.6 Å². The number of fused-ring (bicyclic) bond motifs is 1. The number of aromatic nitrogens is 1. The van der Waals surface area contributed by atoms with Crippen LogP contribution in [0.1, 0.15) is 50.3 Å². The van der Waals surface area contributed by atoms with Crippen molar-refractivity contribution >= 4 is 5.97 Å². The van der Waals surface area contributed by atoms with Crippen LogP contribution in [0.25, 0.3) is 0 Å². The SMILES string of the molecule is COC(=O)C(C)(C)Cn1cc2c(c1)C(O)CCCC2. The van der Waals surface area contributed by atoms with Gasteiger partial charge in [0, 0.05) is 24.5 Å². The molecule has 0 aromatic carbocycles. The number of ether oxygens (including phenoxy) is 1. The molecular formula is C15H23NO3. The molecule has 1 aliphatic carbocycles. The molecule has 0 fully saturated rings. The molecule has 1 heterocycles. The van der Waals surface area contributed by atoms with Crippen molar-refractivity contribution in [2.45, 2.75) is 52.2 Å². The lowest BCUT2D eigenvalue weighted by Gasteiger charge is -2.22. The minimum Gasteiger partial charge on any atom is -0.469 e. The Kier molecular flexibility index (Phi) is 3.99. The molecule has 0 saturated carbocycles. The number of nitrogens with zero attached hydrogens (tertiary/aromatic N) is 1. The van der Waals surface area contributed by atoms with E-state index in [0.29, 0.717) is 6.54 Å². The molecule has 4 heteroatoms. The fourth-order valence-electron chi connectivity index (χ4n) is 2.78. The van der Waals surface area contributed by atoms with Gasteiger partial charge in [0.2, 0.25) is 0 Å². The Morgan fingerprint density at radius 1 is 1.47 bits per heavy atom. The Bertz CT molecular complexity index is 462. The van der Waals surface area contributed by atoms with E-state index in [-0.39, 0.29) is 12.1 Å². The molecular weight excluding hydrogens is 242 g/mol. The molecule has 2 rings (SSSR count). The summed E-state index contributed by atoms with van der Waals surface area (Å²) in [4.78, 5) is 11.7. The van der Waals surface area contributed by atoms with Crippen molar-refractivity contribution in [2.24, 2.45) is 5.41 Å². The molecule has 1 atom stereocenters. The van der Waals surface area contributed by atoms with E-state index >= 15 is 0 Å². The molecule has 0 aliphatic heterocycles. The standard InChI is InChI=1S/C15H23NO3/c1-15(2,14(18)19-3)10-16-8-11-6-4-5-7-13(17)12(11)9-16/h8-9,13,17H,4-7,10H2,1-3H3. The van der Waals surface area contributed by atoms with Gasteiger partial charge in [0.15, 0.2) is 0 Å². The highest BCUT2D eigenvalue weighted by Gasteiger charge is 2.30. The zero-order valence-corrected chi connectivity index (χ0v) is 12.0. The Labute approximate surface area is 114 Å². The summed E-state index contributed by atoms with van der Waals surface area (Å²) in [6.45, 7) is 4.32. The van der Waals surface area contributed by atoms with Crippen LogP contribution in [0.5, 0.6) is 0 Å². The topological polar surface area (TPSA) is 51.5 Å². The number of methoxy groups -OCH3 is 1. The lowest BCUT2D eigenvalue weighted by atomic mass is 9.94. The quantitative estimate of drug-likeness (QED) is 0.674. The second-order valence-corrected chi connectivity index (χ2v) is 6.05. The van der Waals surface area contributed by atoms with E-state index in [1.165, 1.54) is 12.7 Å². The number of hydrogen-bond acceptors (Lipinski definition) is 3. The molecule has 1 N–H and O–H groups in total. The summed E-state index contributed by atoms with van der Waals surface area (Å²) in [5.41, 5.74) is 1.68. The number of carbonyl (C=O) groups excluding carboxylic acids is 1. The average Bonchev–Trinajstić information content (AvgIpc) is 2.67.